The fraction of sp³-hybridized carbons (Fsp3) is 0.200. The molecule has 2 aromatic rings. The Morgan fingerprint density at radius 3 is 2.32 bits per heavy atom. The van der Waals surface area contributed by atoms with Crippen molar-refractivity contribution >= 4 is 79.7 Å². The van der Waals surface area contributed by atoms with Crippen LogP contribution in [0.2, 0.25) is 0 Å². The zero-order chi connectivity index (χ0) is 18.6. The van der Waals surface area contributed by atoms with Gasteiger partial charge in [-0.05, 0) is 59.3 Å². The summed E-state index contributed by atoms with van der Waals surface area (Å²) in [5, 5.41) is 8.42. The second-order valence-electron chi connectivity index (χ2n) is 5.02. The summed E-state index contributed by atoms with van der Waals surface area (Å²) in [5.74, 6) is -0.502. The van der Waals surface area contributed by atoms with E-state index in [1.807, 2.05) is 31.2 Å². The van der Waals surface area contributed by atoms with Crippen molar-refractivity contribution in [3.8, 4) is 0 Å². The van der Waals surface area contributed by atoms with Crippen LogP contribution in [0.1, 0.15) is 16.1 Å². The fourth-order valence-corrected chi connectivity index (χ4v) is 2.64. The molecule has 1 heterocycles. The maximum atomic E-state index is 12.2. The first-order chi connectivity index (χ1) is 11.6. The van der Waals surface area contributed by atoms with E-state index in [0.717, 1.165) is 11.3 Å². The maximum Gasteiger partial charge on any atom is 0.288 e. The van der Waals surface area contributed by atoms with Gasteiger partial charge in [-0.3, -0.25) is 4.79 Å². The number of carbonyl (C=O) groups is 1. The highest BCUT2D eigenvalue weighted by Crippen LogP contribution is 2.29. The average Bonchev–Trinajstić information content (AvgIpc) is 2.94. The minimum atomic E-state index is -1.85. The molecule has 0 aliphatic heterocycles. The van der Waals surface area contributed by atoms with Gasteiger partial charge in [-0.25, -0.2) is 0 Å². The number of hydrogen-bond donors (Lipinski definition) is 3. The number of aryl methyl sites for hydroxylation is 1. The van der Waals surface area contributed by atoms with Crippen molar-refractivity contribution in [3.63, 3.8) is 0 Å². The quantitative estimate of drug-likeness (QED) is 0.331. The van der Waals surface area contributed by atoms with Crippen LogP contribution in [0.4, 0.5) is 5.69 Å². The minimum Gasteiger partial charge on any atom is -0.444 e. The van der Waals surface area contributed by atoms with Crippen LogP contribution < -0.4 is 16.0 Å². The summed E-state index contributed by atoms with van der Waals surface area (Å²) in [6.45, 7) is 1.97. The van der Waals surface area contributed by atoms with E-state index < -0.39 is 15.9 Å². The van der Waals surface area contributed by atoms with E-state index in [-0.39, 0.29) is 10.9 Å². The number of hydrogen-bond acceptors (Lipinski definition) is 3. The third-order valence-electron chi connectivity index (χ3n) is 2.98. The number of carbonyl (C=O) groups excluding carboxylic acids is 1. The summed E-state index contributed by atoms with van der Waals surface area (Å²) in [6.07, 6.45) is -1.08. The van der Waals surface area contributed by atoms with Crippen molar-refractivity contribution in [2.75, 3.05) is 5.32 Å². The number of furan rings is 1. The van der Waals surface area contributed by atoms with E-state index in [2.05, 4.69) is 31.9 Å². The monoisotopic (exact) mass is 483 g/mol. The third-order valence-corrected chi connectivity index (χ3v) is 4.29. The molecule has 0 fully saturated rings. The molecule has 3 N–H and O–H groups in total. The van der Waals surface area contributed by atoms with Gasteiger partial charge in [0.15, 0.2) is 15.5 Å². The standard InChI is InChI=1S/C15H13BrCl3N3O2S/c1-8-2-4-9(5-3-8)20-14(25)22-13(15(17,18)19)21-12(23)10-6-7-11(16)24-10/h2-7,13H,1H3,(H,21,23)(H2,20,22,25). The molecule has 0 aliphatic carbocycles. The lowest BCUT2D eigenvalue weighted by atomic mass is 10.2. The van der Waals surface area contributed by atoms with Crippen LogP contribution >= 0.6 is 63.0 Å². The molecule has 0 saturated heterocycles. The highest BCUT2D eigenvalue weighted by Gasteiger charge is 2.35. The minimum absolute atomic E-state index is 0.0605. The Hall–Kier alpha value is -0.990. The van der Waals surface area contributed by atoms with Crippen LogP contribution in [0.15, 0.2) is 45.5 Å². The number of nitrogens with one attached hydrogen (secondary N) is 3. The number of amides is 1. The Bertz CT molecular complexity index is 762. The van der Waals surface area contributed by atoms with Crippen molar-refractivity contribution in [1.82, 2.24) is 10.6 Å². The van der Waals surface area contributed by atoms with E-state index in [0.29, 0.717) is 4.67 Å². The van der Waals surface area contributed by atoms with Crippen LogP contribution in [0.25, 0.3) is 0 Å². The fourth-order valence-electron chi connectivity index (χ4n) is 1.77. The van der Waals surface area contributed by atoms with Gasteiger partial charge >= 0.3 is 0 Å². The number of thiocarbonyl (C=S) groups is 1. The number of halogens is 4. The third kappa shape index (κ3) is 6.34. The largest absolute Gasteiger partial charge is 0.444 e. The lowest BCUT2D eigenvalue weighted by Gasteiger charge is -2.27. The van der Waals surface area contributed by atoms with Gasteiger partial charge in [0.05, 0.1) is 0 Å². The summed E-state index contributed by atoms with van der Waals surface area (Å²) in [7, 11) is 0. The molecule has 1 amide bonds. The first-order valence-corrected chi connectivity index (χ1v) is 9.26. The predicted octanol–water partition coefficient (Wildman–Crippen LogP) is 4.76. The highest BCUT2D eigenvalue weighted by molar-refractivity contribution is 9.10. The van der Waals surface area contributed by atoms with E-state index in [1.165, 1.54) is 6.07 Å². The Morgan fingerprint density at radius 2 is 1.80 bits per heavy atom. The van der Waals surface area contributed by atoms with Gasteiger partial charge in [0.25, 0.3) is 5.91 Å². The van der Waals surface area contributed by atoms with Crippen molar-refractivity contribution in [2.24, 2.45) is 0 Å². The molecule has 1 unspecified atom stereocenters. The predicted molar refractivity (Wildman–Crippen MR) is 108 cm³/mol. The number of alkyl halides is 3. The van der Waals surface area contributed by atoms with Crippen molar-refractivity contribution in [1.29, 1.82) is 0 Å². The molecule has 0 radical (unpaired) electrons. The van der Waals surface area contributed by atoms with Crippen LogP contribution in [0, 0.1) is 6.92 Å². The first-order valence-electron chi connectivity index (χ1n) is 6.92. The van der Waals surface area contributed by atoms with Crippen LogP contribution in [-0.4, -0.2) is 21.0 Å². The van der Waals surface area contributed by atoms with Gasteiger partial charge < -0.3 is 20.4 Å². The van der Waals surface area contributed by atoms with E-state index >= 15 is 0 Å². The molecule has 0 saturated carbocycles. The summed E-state index contributed by atoms with van der Waals surface area (Å²) in [4.78, 5) is 12.2. The second kappa shape index (κ2) is 8.60. The zero-order valence-corrected chi connectivity index (χ0v) is 17.4. The number of anilines is 1. The molecule has 5 nitrogen and oxygen atoms in total. The van der Waals surface area contributed by atoms with Crippen LogP contribution in [0.5, 0.6) is 0 Å². The molecule has 1 aromatic carbocycles. The summed E-state index contributed by atoms with van der Waals surface area (Å²) in [6, 6.07) is 10.6. The van der Waals surface area contributed by atoms with E-state index in [1.54, 1.807) is 6.07 Å². The molecule has 1 atom stereocenters. The molecule has 1 aromatic heterocycles. The number of benzene rings is 1. The van der Waals surface area contributed by atoms with Crippen LogP contribution in [0.3, 0.4) is 0 Å². The average molecular weight is 486 g/mol. The Morgan fingerprint density at radius 1 is 1.16 bits per heavy atom. The summed E-state index contributed by atoms with van der Waals surface area (Å²) < 4.78 is 3.73. The SMILES string of the molecule is Cc1ccc(NC(=S)NC(NC(=O)c2ccc(Br)o2)C(Cl)(Cl)Cl)cc1. The lowest BCUT2D eigenvalue weighted by Crippen LogP contribution is -2.56. The molecule has 2 rings (SSSR count). The highest BCUT2D eigenvalue weighted by atomic mass is 79.9. The number of rotatable bonds is 4. The molecule has 25 heavy (non-hydrogen) atoms. The Labute approximate surface area is 173 Å². The Kier molecular flexibility index (Phi) is 6.99. The normalized spacial score (nSPS) is 12.4. The second-order valence-corrected chi connectivity index (χ2v) is 8.58. The summed E-state index contributed by atoms with van der Waals surface area (Å²) >= 11 is 26.1. The lowest BCUT2D eigenvalue weighted by molar-refractivity contribution is 0.0905. The van der Waals surface area contributed by atoms with Gasteiger partial charge in [0.1, 0.15) is 6.17 Å². The van der Waals surface area contributed by atoms with Crippen molar-refractivity contribution in [3.05, 3.63) is 52.4 Å². The summed E-state index contributed by atoms with van der Waals surface area (Å²) in [5.41, 5.74) is 1.87. The van der Waals surface area contributed by atoms with Crippen LogP contribution in [-0.2, 0) is 0 Å². The van der Waals surface area contributed by atoms with Gasteiger partial charge in [0, 0.05) is 5.69 Å². The van der Waals surface area contributed by atoms with E-state index in [4.69, 9.17) is 51.4 Å². The Balaban J connectivity index is 2.03. The van der Waals surface area contributed by atoms with E-state index in [9.17, 15) is 4.79 Å². The molecule has 134 valence electrons. The molecule has 0 bridgehead atoms. The maximum absolute atomic E-state index is 12.2. The topological polar surface area (TPSA) is 66.3 Å². The first kappa shape index (κ1) is 20.3. The van der Waals surface area contributed by atoms with Crippen molar-refractivity contribution in [2.45, 2.75) is 16.9 Å². The zero-order valence-electron chi connectivity index (χ0n) is 12.8. The molecular formula is C15H13BrCl3N3O2S. The van der Waals surface area contributed by atoms with Gasteiger partial charge in [-0.15, -0.1) is 0 Å². The van der Waals surface area contributed by atoms with Gasteiger partial charge in [0.2, 0.25) is 3.79 Å². The molecular weight excluding hydrogens is 473 g/mol. The smallest absolute Gasteiger partial charge is 0.288 e. The molecule has 10 heteroatoms. The van der Waals surface area contributed by atoms with Gasteiger partial charge in [-0.2, -0.15) is 0 Å². The molecule has 0 spiro atoms. The molecule has 0 aliphatic rings. The van der Waals surface area contributed by atoms with Gasteiger partial charge in [-0.1, -0.05) is 52.5 Å². The van der Waals surface area contributed by atoms with Crippen molar-refractivity contribution < 1.29 is 9.21 Å².